The molecule has 4 nitrogen and oxygen atoms in total. The number of benzene rings is 1. The number of hydrogen-bond acceptors (Lipinski definition) is 3. The van der Waals surface area contributed by atoms with E-state index in [1.165, 1.54) is 5.56 Å². The smallest absolute Gasteiger partial charge is 0.251 e. The van der Waals surface area contributed by atoms with Crippen LogP contribution in [0.2, 0.25) is 0 Å². The molecule has 0 bridgehead atoms. The first-order valence-corrected chi connectivity index (χ1v) is 7.98. The SMILES string of the molecule is NCC1CCC(C(=O)N2CCCC2Cc2ccccc2)O1. The summed E-state index contributed by atoms with van der Waals surface area (Å²) in [6, 6.07) is 10.7. The molecular formula is C17H24N2O2. The second-order valence-corrected chi connectivity index (χ2v) is 6.08. The van der Waals surface area contributed by atoms with Crippen molar-refractivity contribution in [3.63, 3.8) is 0 Å². The van der Waals surface area contributed by atoms with Crippen molar-refractivity contribution in [2.24, 2.45) is 5.73 Å². The minimum Gasteiger partial charge on any atom is -0.364 e. The minimum absolute atomic E-state index is 0.0640. The highest BCUT2D eigenvalue weighted by atomic mass is 16.5. The Morgan fingerprint density at radius 1 is 1.24 bits per heavy atom. The Kier molecular flexibility index (Phi) is 4.56. The summed E-state index contributed by atoms with van der Waals surface area (Å²) in [5, 5.41) is 0. The zero-order valence-corrected chi connectivity index (χ0v) is 12.4. The monoisotopic (exact) mass is 288 g/mol. The van der Waals surface area contributed by atoms with Gasteiger partial charge in [-0.2, -0.15) is 0 Å². The fourth-order valence-corrected chi connectivity index (χ4v) is 3.47. The summed E-state index contributed by atoms with van der Waals surface area (Å²) in [6.07, 6.45) is 4.65. The number of amides is 1. The van der Waals surface area contributed by atoms with Gasteiger partial charge >= 0.3 is 0 Å². The van der Waals surface area contributed by atoms with Crippen LogP contribution in [0.1, 0.15) is 31.2 Å². The topological polar surface area (TPSA) is 55.6 Å². The quantitative estimate of drug-likeness (QED) is 0.918. The maximum atomic E-state index is 12.7. The summed E-state index contributed by atoms with van der Waals surface area (Å²) in [4.78, 5) is 14.7. The van der Waals surface area contributed by atoms with E-state index in [4.69, 9.17) is 10.5 Å². The van der Waals surface area contributed by atoms with Crippen LogP contribution in [0.4, 0.5) is 0 Å². The van der Waals surface area contributed by atoms with Crippen molar-refractivity contribution in [2.45, 2.75) is 50.4 Å². The summed E-state index contributed by atoms with van der Waals surface area (Å²) < 4.78 is 5.77. The maximum absolute atomic E-state index is 12.7. The number of ether oxygens (including phenoxy) is 1. The van der Waals surface area contributed by atoms with Crippen LogP contribution in [0.15, 0.2) is 30.3 Å². The van der Waals surface area contributed by atoms with Gasteiger partial charge in [-0.1, -0.05) is 30.3 Å². The molecular weight excluding hydrogens is 264 g/mol. The summed E-state index contributed by atoms with van der Waals surface area (Å²) >= 11 is 0. The highest BCUT2D eigenvalue weighted by Gasteiger charge is 2.37. The summed E-state index contributed by atoms with van der Waals surface area (Å²) in [7, 11) is 0. The lowest BCUT2D eigenvalue weighted by molar-refractivity contribution is -0.143. The van der Waals surface area contributed by atoms with Gasteiger partial charge in [0.25, 0.3) is 5.91 Å². The first-order valence-electron chi connectivity index (χ1n) is 7.98. The van der Waals surface area contributed by atoms with Gasteiger partial charge in [-0.3, -0.25) is 4.79 Å². The number of nitrogens with two attached hydrogens (primary N) is 1. The molecule has 3 atom stereocenters. The summed E-state index contributed by atoms with van der Waals surface area (Å²) in [5.74, 6) is 0.171. The number of likely N-dealkylation sites (tertiary alicyclic amines) is 1. The predicted molar refractivity (Wildman–Crippen MR) is 81.8 cm³/mol. The van der Waals surface area contributed by atoms with Crippen LogP contribution in [0.5, 0.6) is 0 Å². The zero-order chi connectivity index (χ0) is 14.7. The molecule has 2 saturated heterocycles. The van der Waals surface area contributed by atoms with Crippen molar-refractivity contribution in [1.29, 1.82) is 0 Å². The van der Waals surface area contributed by atoms with Crippen molar-refractivity contribution in [3.05, 3.63) is 35.9 Å². The molecule has 0 aliphatic carbocycles. The fraction of sp³-hybridized carbons (Fsp3) is 0.588. The minimum atomic E-state index is -0.269. The van der Waals surface area contributed by atoms with E-state index in [0.29, 0.717) is 12.6 Å². The summed E-state index contributed by atoms with van der Waals surface area (Å²) in [6.45, 7) is 1.38. The van der Waals surface area contributed by atoms with Crippen LogP contribution >= 0.6 is 0 Å². The van der Waals surface area contributed by atoms with Crippen LogP contribution in [0, 0.1) is 0 Å². The Hall–Kier alpha value is -1.39. The maximum Gasteiger partial charge on any atom is 0.251 e. The number of hydrogen-bond donors (Lipinski definition) is 1. The van der Waals surface area contributed by atoms with E-state index in [-0.39, 0.29) is 18.1 Å². The van der Waals surface area contributed by atoms with Gasteiger partial charge < -0.3 is 15.4 Å². The molecule has 2 N–H and O–H groups in total. The van der Waals surface area contributed by atoms with Gasteiger partial charge in [0.15, 0.2) is 0 Å². The van der Waals surface area contributed by atoms with E-state index in [2.05, 4.69) is 24.3 Å². The van der Waals surface area contributed by atoms with E-state index in [1.807, 2.05) is 11.0 Å². The molecule has 0 radical (unpaired) electrons. The second-order valence-electron chi connectivity index (χ2n) is 6.08. The standard InChI is InChI=1S/C17H24N2O2/c18-12-15-8-9-16(21-15)17(20)19-10-4-7-14(19)11-13-5-2-1-3-6-13/h1-3,5-6,14-16H,4,7-12,18H2. The lowest BCUT2D eigenvalue weighted by Gasteiger charge is -2.27. The van der Waals surface area contributed by atoms with Gasteiger partial charge in [-0.25, -0.2) is 0 Å². The number of rotatable bonds is 4. The van der Waals surface area contributed by atoms with Crippen molar-refractivity contribution >= 4 is 5.91 Å². The molecule has 1 amide bonds. The molecule has 3 rings (SSSR count). The number of nitrogens with zero attached hydrogens (tertiary/aromatic N) is 1. The third-order valence-electron chi connectivity index (χ3n) is 4.62. The van der Waals surface area contributed by atoms with Crippen LogP contribution in [0.25, 0.3) is 0 Å². The molecule has 4 heteroatoms. The van der Waals surface area contributed by atoms with E-state index in [0.717, 1.165) is 38.6 Å². The van der Waals surface area contributed by atoms with Gasteiger partial charge in [0, 0.05) is 19.1 Å². The Morgan fingerprint density at radius 3 is 2.76 bits per heavy atom. The van der Waals surface area contributed by atoms with Crippen LogP contribution < -0.4 is 5.73 Å². The van der Waals surface area contributed by atoms with Gasteiger partial charge in [0.05, 0.1) is 6.10 Å². The van der Waals surface area contributed by atoms with E-state index in [1.54, 1.807) is 0 Å². The Balaban J connectivity index is 1.62. The van der Waals surface area contributed by atoms with Gasteiger partial charge in [0.2, 0.25) is 0 Å². The Labute approximate surface area is 126 Å². The van der Waals surface area contributed by atoms with Crippen molar-refractivity contribution in [3.8, 4) is 0 Å². The number of carbonyl (C=O) groups excluding carboxylic acids is 1. The third-order valence-corrected chi connectivity index (χ3v) is 4.62. The molecule has 2 fully saturated rings. The predicted octanol–water partition coefficient (Wildman–Crippen LogP) is 1.73. The van der Waals surface area contributed by atoms with Gasteiger partial charge in [0.1, 0.15) is 6.10 Å². The summed E-state index contributed by atoms with van der Waals surface area (Å²) in [5.41, 5.74) is 6.93. The van der Waals surface area contributed by atoms with Crippen molar-refractivity contribution in [1.82, 2.24) is 4.90 Å². The molecule has 114 valence electrons. The first-order chi connectivity index (χ1) is 10.3. The average Bonchev–Trinajstić information content (AvgIpc) is 3.16. The number of carbonyl (C=O) groups is 1. The van der Waals surface area contributed by atoms with E-state index >= 15 is 0 Å². The molecule has 2 aliphatic rings. The molecule has 0 aromatic heterocycles. The molecule has 1 aromatic carbocycles. The van der Waals surface area contributed by atoms with Crippen LogP contribution in [-0.2, 0) is 16.0 Å². The van der Waals surface area contributed by atoms with Gasteiger partial charge in [-0.05, 0) is 37.7 Å². The van der Waals surface area contributed by atoms with Gasteiger partial charge in [-0.15, -0.1) is 0 Å². The van der Waals surface area contributed by atoms with E-state index < -0.39 is 0 Å². The average molecular weight is 288 g/mol. The Bertz CT molecular complexity index is 477. The second kappa shape index (κ2) is 6.58. The van der Waals surface area contributed by atoms with E-state index in [9.17, 15) is 4.79 Å². The first kappa shape index (κ1) is 14.5. The van der Waals surface area contributed by atoms with Crippen molar-refractivity contribution in [2.75, 3.05) is 13.1 Å². The molecule has 2 aliphatic heterocycles. The highest BCUT2D eigenvalue weighted by Crippen LogP contribution is 2.26. The fourth-order valence-electron chi connectivity index (χ4n) is 3.47. The van der Waals surface area contributed by atoms with Crippen LogP contribution in [0.3, 0.4) is 0 Å². The third kappa shape index (κ3) is 3.27. The highest BCUT2D eigenvalue weighted by molar-refractivity contribution is 5.81. The molecule has 1 aromatic rings. The molecule has 0 spiro atoms. The normalized spacial score (nSPS) is 29.0. The lowest BCUT2D eigenvalue weighted by Crippen LogP contribution is -2.43. The molecule has 2 heterocycles. The Morgan fingerprint density at radius 2 is 2.05 bits per heavy atom. The van der Waals surface area contributed by atoms with Crippen LogP contribution in [-0.4, -0.2) is 42.1 Å². The lowest BCUT2D eigenvalue weighted by atomic mass is 10.0. The van der Waals surface area contributed by atoms with Crippen molar-refractivity contribution < 1.29 is 9.53 Å². The zero-order valence-electron chi connectivity index (χ0n) is 12.4. The largest absolute Gasteiger partial charge is 0.364 e. The molecule has 3 unspecified atom stereocenters. The molecule has 0 saturated carbocycles. The molecule has 21 heavy (non-hydrogen) atoms.